The second-order valence-electron chi connectivity index (χ2n) is 6.65. The number of anilines is 1. The number of imidazole rings is 1. The Morgan fingerprint density at radius 1 is 1.43 bits per heavy atom. The predicted molar refractivity (Wildman–Crippen MR) is 95.8 cm³/mol. The normalized spacial score (nSPS) is 26.1. The summed E-state index contributed by atoms with van der Waals surface area (Å²) >= 11 is 5.84. The van der Waals surface area contributed by atoms with Crippen molar-refractivity contribution in [3.05, 3.63) is 17.4 Å². The molecule has 0 amide bonds. The van der Waals surface area contributed by atoms with Crippen LogP contribution in [0.4, 0.5) is 5.82 Å². The van der Waals surface area contributed by atoms with Crippen LogP contribution in [-0.4, -0.2) is 86.4 Å². The monoisotopic (exact) mass is 441 g/mol. The Kier molecular flexibility index (Phi) is 4.99. The number of hydrogen-bond donors (Lipinski definition) is 5. The first kappa shape index (κ1) is 20.3. The van der Waals surface area contributed by atoms with Crippen LogP contribution in [0.25, 0.3) is 11.2 Å². The molecule has 3 aromatic rings. The van der Waals surface area contributed by atoms with E-state index in [1.807, 2.05) is 0 Å². The number of carboxylic acid groups (broad SMARTS) is 1. The largest absolute Gasteiger partial charge is 0.479 e. The summed E-state index contributed by atoms with van der Waals surface area (Å²) in [5.41, 5.74) is 4.26. The number of carboxylic acids is 1. The Balaban J connectivity index is 1.56. The second-order valence-corrected chi connectivity index (χ2v) is 6.99. The Morgan fingerprint density at radius 2 is 2.20 bits per heavy atom. The number of aliphatic hydroxyl groups excluding tert-OH is 2. The summed E-state index contributed by atoms with van der Waals surface area (Å²) in [5.74, 6) is -1.48. The van der Waals surface area contributed by atoms with Crippen LogP contribution in [0, 0.1) is 0 Å². The molecule has 0 aromatic carbocycles. The fraction of sp³-hybridized carbons (Fsp3) is 0.500. The molecule has 0 saturated carbocycles. The molecule has 0 bridgehead atoms. The number of rotatable bonds is 6. The number of nitrogen functional groups attached to an aromatic ring is 1. The van der Waals surface area contributed by atoms with E-state index in [4.69, 9.17) is 26.8 Å². The lowest BCUT2D eigenvalue weighted by atomic mass is 10.1. The van der Waals surface area contributed by atoms with Crippen LogP contribution in [-0.2, 0) is 19.9 Å². The smallest absolute Gasteiger partial charge is 0.343 e. The second kappa shape index (κ2) is 7.37. The van der Waals surface area contributed by atoms with Crippen molar-refractivity contribution < 1.29 is 29.6 Å². The van der Waals surface area contributed by atoms with Crippen molar-refractivity contribution in [2.24, 2.45) is 0 Å². The number of fused-ring (bicyclic) bond motifs is 1. The van der Waals surface area contributed by atoms with Gasteiger partial charge in [-0.15, -0.1) is 5.10 Å². The average Bonchev–Trinajstić information content (AvgIpc) is 3.42. The van der Waals surface area contributed by atoms with E-state index in [0.29, 0.717) is 0 Å². The number of carbonyl (C=O) groups is 1. The quantitative estimate of drug-likeness (QED) is 0.267. The number of nitrogens with zero attached hydrogens (tertiary/aromatic N) is 7. The molecule has 0 spiro atoms. The van der Waals surface area contributed by atoms with Crippen LogP contribution in [0.1, 0.15) is 19.0 Å². The number of nitrogens with two attached hydrogens (primary N) is 1. The number of ether oxygens (including phenoxy) is 2. The standard InChI is InChI=1S/C14H16ClN9O6/c1-14(12(27)28,11-20-22-23-21-11)29-2-4-6(25)7(26)10(30-4)24-3-17-5-8(16)18-13(15)19-9(5)24/h3-4,6-7,10,25-26H,2H2,1H3,(H,27,28)(H2,16,18,19)(H,20,21,22,23)/t4-,6-,7-,10-,14?/m1/s1. The minimum absolute atomic E-state index is 0.0366. The van der Waals surface area contributed by atoms with Gasteiger partial charge in [0, 0.05) is 0 Å². The summed E-state index contributed by atoms with van der Waals surface area (Å²) in [6, 6.07) is 0. The molecule has 3 aromatic heterocycles. The van der Waals surface area contributed by atoms with Crippen LogP contribution in [0.2, 0.25) is 5.28 Å². The fourth-order valence-corrected chi connectivity index (χ4v) is 3.21. The van der Waals surface area contributed by atoms with Gasteiger partial charge in [0.25, 0.3) is 0 Å². The third-order valence-corrected chi connectivity index (χ3v) is 4.94. The number of aliphatic hydroxyl groups is 2. The molecule has 0 aliphatic carbocycles. The Morgan fingerprint density at radius 3 is 2.87 bits per heavy atom. The highest BCUT2D eigenvalue weighted by Crippen LogP contribution is 2.34. The molecule has 4 rings (SSSR count). The van der Waals surface area contributed by atoms with Crippen LogP contribution in [0.5, 0.6) is 0 Å². The number of H-pyrrole nitrogens is 1. The molecule has 1 unspecified atom stereocenters. The van der Waals surface area contributed by atoms with Gasteiger partial charge in [-0.3, -0.25) is 4.57 Å². The van der Waals surface area contributed by atoms with Crippen molar-refractivity contribution in [1.82, 2.24) is 40.1 Å². The maximum atomic E-state index is 11.7. The molecule has 0 radical (unpaired) electrons. The van der Waals surface area contributed by atoms with Gasteiger partial charge in [0.15, 0.2) is 23.5 Å². The summed E-state index contributed by atoms with van der Waals surface area (Å²) in [7, 11) is 0. The van der Waals surface area contributed by atoms with Gasteiger partial charge in [-0.05, 0) is 29.0 Å². The SMILES string of the molecule is CC(OC[C@H]1O[C@@H](n2cnc3c(N)nc(Cl)nc32)[C@H](O)[C@@H]1O)(C(=O)O)c1nnn[nH]1. The van der Waals surface area contributed by atoms with Crippen molar-refractivity contribution >= 4 is 34.6 Å². The molecule has 30 heavy (non-hydrogen) atoms. The van der Waals surface area contributed by atoms with Gasteiger partial charge in [-0.1, -0.05) is 0 Å². The molecule has 4 heterocycles. The van der Waals surface area contributed by atoms with Gasteiger partial charge >= 0.3 is 5.97 Å². The summed E-state index contributed by atoms with van der Waals surface area (Å²) in [5, 5.41) is 42.9. The van der Waals surface area contributed by atoms with E-state index in [9.17, 15) is 20.1 Å². The molecule has 6 N–H and O–H groups in total. The lowest BCUT2D eigenvalue weighted by Crippen LogP contribution is -2.41. The average molecular weight is 442 g/mol. The zero-order chi connectivity index (χ0) is 21.6. The zero-order valence-corrected chi connectivity index (χ0v) is 16.0. The highest BCUT2D eigenvalue weighted by molar-refractivity contribution is 6.28. The number of aliphatic carboxylic acids is 1. The molecular formula is C14H16ClN9O6. The molecule has 1 aliphatic heterocycles. The van der Waals surface area contributed by atoms with Gasteiger partial charge in [0.1, 0.15) is 23.8 Å². The Hall–Kier alpha value is -2.98. The highest BCUT2D eigenvalue weighted by atomic mass is 35.5. The van der Waals surface area contributed by atoms with Crippen molar-refractivity contribution in [1.29, 1.82) is 0 Å². The van der Waals surface area contributed by atoms with E-state index in [2.05, 4.69) is 35.6 Å². The third-order valence-electron chi connectivity index (χ3n) is 4.77. The molecule has 1 saturated heterocycles. The Bertz CT molecular complexity index is 1080. The number of hydrogen-bond acceptors (Lipinski definition) is 12. The van der Waals surface area contributed by atoms with E-state index >= 15 is 0 Å². The first-order chi connectivity index (χ1) is 14.2. The van der Waals surface area contributed by atoms with Gasteiger partial charge in [0.2, 0.25) is 10.9 Å². The summed E-state index contributed by atoms with van der Waals surface area (Å²) in [6.07, 6.45) is -3.72. The highest BCUT2D eigenvalue weighted by Gasteiger charge is 2.47. The van der Waals surface area contributed by atoms with Gasteiger partial charge < -0.3 is 30.5 Å². The van der Waals surface area contributed by atoms with E-state index in [-0.39, 0.29) is 28.1 Å². The van der Waals surface area contributed by atoms with Gasteiger partial charge in [0.05, 0.1) is 12.9 Å². The zero-order valence-electron chi connectivity index (χ0n) is 15.2. The first-order valence-electron chi connectivity index (χ1n) is 8.51. The number of aromatic nitrogens is 8. The molecule has 1 fully saturated rings. The lowest BCUT2D eigenvalue weighted by Gasteiger charge is -2.24. The van der Waals surface area contributed by atoms with Crippen molar-refractivity contribution in [3.63, 3.8) is 0 Å². The number of nitrogens with one attached hydrogen (secondary N) is 1. The van der Waals surface area contributed by atoms with Crippen LogP contribution < -0.4 is 5.73 Å². The van der Waals surface area contributed by atoms with E-state index in [1.54, 1.807) is 0 Å². The minimum atomic E-state index is -1.94. The molecular weight excluding hydrogens is 426 g/mol. The molecule has 160 valence electrons. The van der Waals surface area contributed by atoms with E-state index < -0.39 is 42.7 Å². The fourth-order valence-electron chi connectivity index (χ4n) is 3.04. The maximum absolute atomic E-state index is 11.7. The van der Waals surface area contributed by atoms with Gasteiger partial charge in [-0.2, -0.15) is 9.97 Å². The molecule has 16 heteroatoms. The molecule has 5 atom stereocenters. The maximum Gasteiger partial charge on any atom is 0.343 e. The van der Waals surface area contributed by atoms with Gasteiger partial charge in [-0.25, -0.2) is 14.9 Å². The van der Waals surface area contributed by atoms with Crippen LogP contribution in [0.3, 0.4) is 0 Å². The predicted octanol–water partition coefficient (Wildman–Crippen LogP) is -1.79. The summed E-state index contributed by atoms with van der Waals surface area (Å²) in [6.45, 7) is 0.834. The van der Waals surface area contributed by atoms with E-state index in [1.165, 1.54) is 17.8 Å². The van der Waals surface area contributed by atoms with Crippen LogP contribution in [0.15, 0.2) is 6.33 Å². The topological polar surface area (TPSA) is 220 Å². The summed E-state index contributed by atoms with van der Waals surface area (Å²) in [4.78, 5) is 23.6. The Labute approximate surface area is 171 Å². The number of halogens is 1. The van der Waals surface area contributed by atoms with Crippen molar-refractivity contribution in [2.45, 2.75) is 37.1 Å². The van der Waals surface area contributed by atoms with Crippen molar-refractivity contribution in [2.75, 3.05) is 12.3 Å². The lowest BCUT2D eigenvalue weighted by molar-refractivity contribution is -0.174. The molecule has 1 aliphatic rings. The molecule has 15 nitrogen and oxygen atoms in total. The first-order valence-corrected chi connectivity index (χ1v) is 8.89. The van der Waals surface area contributed by atoms with E-state index in [0.717, 1.165) is 0 Å². The van der Waals surface area contributed by atoms with Crippen LogP contribution >= 0.6 is 11.6 Å². The summed E-state index contributed by atoms with van der Waals surface area (Å²) < 4.78 is 12.5. The number of tetrazole rings is 1. The minimum Gasteiger partial charge on any atom is -0.479 e. The number of aromatic amines is 1. The third kappa shape index (κ3) is 3.21. The van der Waals surface area contributed by atoms with Crippen molar-refractivity contribution in [3.8, 4) is 0 Å².